The van der Waals surface area contributed by atoms with E-state index in [0.29, 0.717) is 32.6 Å². The molecule has 7 heteroatoms. The lowest BCUT2D eigenvalue weighted by atomic mass is 9.90. The van der Waals surface area contributed by atoms with Crippen molar-refractivity contribution in [2.45, 2.75) is 37.9 Å². The summed E-state index contributed by atoms with van der Waals surface area (Å²) in [7, 11) is 0. The van der Waals surface area contributed by atoms with Crippen LogP contribution in [0.3, 0.4) is 0 Å². The summed E-state index contributed by atoms with van der Waals surface area (Å²) < 4.78 is 5.30. The van der Waals surface area contributed by atoms with E-state index in [1.807, 2.05) is 0 Å². The summed E-state index contributed by atoms with van der Waals surface area (Å²) >= 11 is 0. The zero-order chi connectivity index (χ0) is 18.7. The zero-order valence-corrected chi connectivity index (χ0v) is 18.1. The molecule has 2 aromatic rings. The van der Waals surface area contributed by atoms with Crippen LogP contribution < -0.4 is 16.0 Å². The molecule has 0 saturated carbocycles. The van der Waals surface area contributed by atoms with Gasteiger partial charge < -0.3 is 20.7 Å². The maximum Gasteiger partial charge on any atom is 0.240 e. The Kier molecular flexibility index (Phi) is 8.34. The second-order valence-corrected chi connectivity index (χ2v) is 7.57. The van der Waals surface area contributed by atoms with Crippen molar-refractivity contribution in [3.05, 3.63) is 65.2 Å². The fourth-order valence-electron chi connectivity index (χ4n) is 3.87. The Morgan fingerprint density at radius 2 is 1.69 bits per heavy atom. The van der Waals surface area contributed by atoms with Crippen LogP contribution in [0.1, 0.15) is 29.5 Å². The van der Waals surface area contributed by atoms with E-state index in [2.05, 4.69) is 58.7 Å². The number of anilines is 1. The Balaban J connectivity index is 0.00000150. The molecule has 0 radical (unpaired) electrons. The van der Waals surface area contributed by atoms with E-state index < -0.39 is 5.54 Å². The summed E-state index contributed by atoms with van der Waals surface area (Å²) in [6, 6.07) is 17.1. The van der Waals surface area contributed by atoms with Crippen molar-refractivity contribution in [2.24, 2.45) is 5.73 Å². The number of carbonyl (C=O) groups is 1. The number of amides is 1. The number of hydrogen-bond donors (Lipinski definition) is 2. The summed E-state index contributed by atoms with van der Waals surface area (Å²) in [5.74, 6) is -0.0800. The van der Waals surface area contributed by atoms with E-state index in [1.54, 1.807) is 0 Å². The second kappa shape index (κ2) is 10.3. The standard InChI is InChI=1S/C22H27N3O2.2ClH/c23-22(10-13-27-14-11-22)21(26)24-15-17-5-7-18(8-6-17)16-25-12-9-19-3-1-2-4-20(19)25;;/h1-8H,9-16,23H2,(H,24,26);2*1H. The minimum absolute atomic E-state index is 0. The zero-order valence-electron chi connectivity index (χ0n) is 16.4. The third kappa shape index (κ3) is 5.43. The van der Waals surface area contributed by atoms with Gasteiger partial charge in [-0.25, -0.2) is 0 Å². The number of ether oxygens (including phenoxy) is 1. The molecule has 2 heterocycles. The lowest BCUT2D eigenvalue weighted by molar-refractivity contribution is -0.129. The highest BCUT2D eigenvalue weighted by Crippen LogP contribution is 2.28. The van der Waals surface area contributed by atoms with Gasteiger partial charge in [0.15, 0.2) is 0 Å². The fourth-order valence-corrected chi connectivity index (χ4v) is 3.87. The molecule has 158 valence electrons. The molecule has 1 amide bonds. The van der Waals surface area contributed by atoms with Crippen molar-refractivity contribution < 1.29 is 9.53 Å². The number of benzene rings is 2. The first-order chi connectivity index (χ1) is 13.1. The molecule has 5 nitrogen and oxygen atoms in total. The Morgan fingerprint density at radius 3 is 2.41 bits per heavy atom. The third-order valence-corrected chi connectivity index (χ3v) is 5.67. The van der Waals surface area contributed by atoms with Crippen molar-refractivity contribution in [3.63, 3.8) is 0 Å². The van der Waals surface area contributed by atoms with E-state index in [1.165, 1.54) is 16.8 Å². The van der Waals surface area contributed by atoms with Gasteiger partial charge in [0, 0.05) is 38.5 Å². The Morgan fingerprint density at radius 1 is 1.03 bits per heavy atom. The monoisotopic (exact) mass is 437 g/mol. The van der Waals surface area contributed by atoms with E-state index in [-0.39, 0.29) is 30.7 Å². The van der Waals surface area contributed by atoms with Gasteiger partial charge in [0.1, 0.15) is 0 Å². The van der Waals surface area contributed by atoms with E-state index >= 15 is 0 Å². The summed E-state index contributed by atoms with van der Waals surface area (Å²) in [6.07, 6.45) is 2.27. The number of fused-ring (bicyclic) bond motifs is 1. The average Bonchev–Trinajstić information content (AvgIpc) is 3.11. The molecule has 0 unspecified atom stereocenters. The summed E-state index contributed by atoms with van der Waals surface area (Å²) in [4.78, 5) is 14.8. The van der Waals surface area contributed by atoms with Gasteiger partial charge in [-0.2, -0.15) is 0 Å². The van der Waals surface area contributed by atoms with Crippen molar-refractivity contribution in [1.29, 1.82) is 0 Å². The SMILES string of the molecule is Cl.Cl.NC1(C(=O)NCc2ccc(CN3CCc4ccccc43)cc2)CCOCC1. The number of hydrogen-bond acceptors (Lipinski definition) is 4. The molecule has 1 fully saturated rings. The molecule has 0 aliphatic carbocycles. The molecule has 2 aromatic carbocycles. The molecule has 0 bridgehead atoms. The number of para-hydroxylation sites is 1. The van der Waals surface area contributed by atoms with Crippen LogP contribution in [-0.2, 0) is 29.0 Å². The highest BCUT2D eigenvalue weighted by Gasteiger charge is 2.35. The molecule has 29 heavy (non-hydrogen) atoms. The van der Waals surface area contributed by atoms with Crippen LogP contribution in [0.2, 0.25) is 0 Å². The predicted octanol–water partition coefficient (Wildman–Crippen LogP) is 3.22. The molecular formula is C22H29Cl2N3O2. The maximum absolute atomic E-state index is 12.4. The van der Waals surface area contributed by atoms with Crippen molar-refractivity contribution in [2.75, 3.05) is 24.7 Å². The van der Waals surface area contributed by atoms with E-state index in [4.69, 9.17) is 10.5 Å². The number of rotatable bonds is 5. The largest absolute Gasteiger partial charge is 0.381 e. The lowest BCUT2D eigenvalue weighted by Crippen LogP contribution is -2.56. The first-order valence-corrected chi connectivity index (χ1v) is 9.70. The molecule has 1 saturated heterocycles. The van der Waals surface area contributed by atoms with Crippen LogP contribution >= 0.6 is 24.8 Å². The highest BCUT2D eigenvalue weighted by atomic mass is 35.5. The fraction of sp³-hybridized carbons (Fsp3) is 0.409. The first-order valence-electron chi connectivity index (χ1n) is 9.70. The van der Waals surface area contributed by atoms with E-state index in [9.17, 15) is 4.79 Å². The van der Waals surface area contributed by atoms with Crippen LogP contribution in [0.15, 0.2) is 48.5 Å². The number of nitrogens with one attached hydrogen (secondary N) is 1. The Hall–Kier alpha value is -1.79. The van der Waals surface area contributed by atoms with Gasteiger partial charge in [0.2, 0.25) is 5.91 Å². The van der Waals surface area contributed by atoms with Gasteiger partial charge >= 0.3 is 0 Å². The maximum atomic E-state index is 12.4. The van der Waals surface area contributed by atoms with Gasteiger partial charge in [-0.05, 0) is 42.0 Å². The average molecular weight is 438 g/mol. The Labute approximate surface area is 184 Å². The van der Waals surface area contributed by atoms with E-state index in [0.717, 1.165) is 25.1 Å². The molecule has 4 rings (SSSR count). The van der Waals surface area contributed by atoms with Gasteiger partial charge in [-0.3, -0.25) is 4.79 Å². The van der Waals surface area contributed by atoms with Crippen LogP contribution in [0.4, 0.5) is 5.69 Å². The lowest BCUT2D eigenvalue weighted by Gasteiger charge is -2.31. The predicted molar refractivity (Wildman–Crippen MR) is 121 cm³/mol. The number of carbonyl (C=O) groups excluding carboxylic acids is 1. The first kappa shape index (κ1) is 23.5. The summed E-state index contributed by atoms with van der Waals surface area (Å²) in [6.45, 7) is 3.59. The minimum atomic E-state index is -0.790. The molecule has 0 aromatic heterocycles. The molecule has 2 aliphatic rings. The molecule has 0 atom stereocenters. The molecular weight excluding hydrogens is 409 g/mol. The van der Waals surface area contributed by atoms with Gasteiger partial charge in [-0.1, -0.05) is 42.5 Å². The number of nitrogens with zero attached hydrogens (tertiary/aromatic N) is 1. The van der Waals surface area contributed by atoms with Crippen LogP contribution in [0, 0.1) is 0 Å². The Bertz CT molecular complexity index is 808. The minimum Gasteiger partial charge on any atom is -0.381 e. The normalized spacial score (nSPS) is 16.9. The van der Waals surface area contributed by atoms with Gasteiger partial charge in [-0.15, -0.1) is 24.8 Å². The van der Waals surface area contributed by atoms with Crippen LogP contribution in [-0.4, -0.2) is 31.2 Å². The topological polar surface area (TPSA) is 67.6 Å². The number of halogens is 2. The summed E-state index contributed by atoms with van der Waals surface area (Å²) in [5.41, 5.74) is 10.6. The van der Waals surface area contributed by atoms with Crippen molar-refractivity contribution >= 4 is 36.4 Å². The molecule has 2 aliphatic heterocycles. The van der Waals surface area contributed by atoms with Crippen LogP contribution in [0.5, 0.6) is 0 Å². The number of nitrogens with two attached hydrogens (primary N) is 1. The second-order valence-electron chi connectivity index (χ2n) is 7.57. The quantitative estimate of drug-likeness (QED) is 0.753. The third-order valence-electron chi connectivity index (χ3n) is 5.67. The highest BCUT2D eigenvalue weighted by molar-refractivity contribution is 5.86. The smallest absolute Gasteiger partial charge is 0.240 e. The van der Waals surface area contributed by atoms with Gasteiger partial charge in [0.05, 0.1) is 5.54 Å². The van der Waals surface area contributed by atoms with Crippen LogP contribution in [0.25, 0.3) is 0 Å². The van der Waals surface area contributed by atoms with Crippen molar-refractivity contribution in [1.82, 2.24) is 5.32 Å². The van der Waals surface area contributed by atoms with Crippen molar-refractivity contribution in [3.8, 4) is 0 Å². The molecule has 3 N–H and O–H groups in total. The summed E-state index contributed by atoms with van der Waals surface area (Å²) in [5, 5.41) is 2.98. The van der Waals surface area contributed by atoms with Gasteiger partial charge in [0.25, 0.3) is 0 Å². The molecule has 0 spiro atoms.